The Kier molecular flexibility index (Phi) is 3.87. The maximum absolute atomic E-state index is 5.51. The highest BCUT2D eigenvalue weighted by Gasteiger charge is 2.06. The van der Waals surface area contributed by atoms with E-state index in [0.717, 1.165) is 24.4 Å². The highest BCUT2D eigenvalue weighted by atomic mass is 16.5. The number of hydrogen-bond acceptors (Lipinski definition) is 4. The third-order valence-electron chi connectivity index (χ3n) is 2.87. The van der Waals surface area contributed by atoms with Crippen LogP contribution in [0.2, 0.25) is 0 Å². The lowest BCUT2D eigenvalue weighted by atomic mass is 10.0. The molecule has 0 aliphatic carbocycles. The van der Waals surface area contributed by atoms with Crippen LogP contribution < -0.4 is 10.1 Å². The SMILES string of the molecule is CCc1cc(Cc2cnc(NC)o2)ccc1OC. The van der Waals surface area contributed by atoms with Gasteiger partial charge >= 0.3 is 0 Å². The van der Waals surface area contributed by atoms with Gasteiger partial charge in [0.15, 0.2) is 0 Å². The summed E-state index contributed by atoms with van der Waals surface area (Å²) < 4.78 is 10.8. The molecule has 0 radical (unpaired) electrons. The largest absolute Gasteiger partial charge is 0.496 e. The summed E-state index contributed by atoms with van der Waals surface area (Å²) in [5.74, 6) is 1.79. The molecule has 18 heavy (non-hydrogen) atoms. The molecule has 0 amide bonds. The molecule has 0 saturated heterocycles. The number of hydrogen-bond donors (Lipinski definition) is 1. The smallest absolute Gasteiger partial charge is 0.294 e. The van der Waals surface area contributed by atoms with E-state index >= 15 is 0 Å². The van der Waals surface area contributed by atoms with E-state index in [1.165, 1.54) is 11.1 Å². The highest BCUT2D eigenvalue weighted by molar-refractivity contribution is 5.38. The van der Waals surface area contributed by atoms with E-state index in [9.17, 15) is 0 Å². The average Bonchev–Trinajstić information content (AvgIpc) is 2.86. The lowest BCUT2D eigenvalue weighted by Gasteiger charge is -2.08. The van der Waals surface area contributed by atoms with Gasteiger partial charge in [-0.1, -0.05) is 19.1 Å². The van der Waals surface area contributed by atoms with Crippen molar-refractivity contribution < 1.29 is 9.15 Å². The van der Waals surface area contributed by atoms with Crippen LogP contribution in [0.4, 0.5) is 6.01 Å². The summed E-state index contributed by atoms with van der Waals surface area (Å²) >= 11 is 0. The number of aromatic nitrogens is 1. The van der Waals surface area contributed by atoms with Crippen LogP contribution >= 0.6 is 0 Å². The third kappa shape index (κ3) is 2.64. The van der Waals surface area contributed by atoms with Crippen molar-refractivity contribution in [2.24, 2.45) is 0 Å². The summed E-state index contributed by atoms with van der Waals surface area (Å²) in [4.78, 5) is 4.10. The summed E-state index contributed by atoms with van der Waals surface area (Å²) in [6.45, 7) is 2.12. The van der Waals surface area contributed by atoms with Crippen molar-refractivity contribution in [2.75, 3.05) is 19.5 Å². The van der Waals surface area contributed by atoms with E-state index in [0.29, 0.717) is 6.01 Å². The first-order valence-corrected chi connectivity index (χ1v) is 6.05. The average molecular weight is 246 g/mol. The van der Waals surface area contributed by atoms with Crippen LogP contribution in [0.25, 0.3) is 0 Å². The molecule has 0 atom stereocenters. The quantitative estimate of drug-likeness (QED) is 0.881. The monoisotopic (exact) mass is 246 g/mol. The zero-order valence-corrected chi connectivity index (χ0v) is 11.0. The molecule has 0 fully saturated rings. The molecular weight excluding hydrogens is 228 g/mol. The Morgan fingerprint density at radius 3 is 2.83 bits per heavy atom. The van der Waals surface area contributed by atoms with E-state index < -0.39 is 0 Å². The van der Waals surface area contributed by atoms with Crippen molar-refractivity contribution >= 4 is 6.01 Å². The van der Waals surface area contributed by atoms with E-state index in [4.69, 9.17) is 9.15 Å². The molecule has 4 nitrogen and oxygen atoms in total. The minimum atomic E-state index is 0.550. The number of ether oxygens (including phenoxy) is 1. The lowest BCUT2D eigenvalue weighted by Crippen LogP contribution is -1.93. The van der Waals surface area contributed by atoms with Gasteiger partial charge in [-0.15, -0.1) is 0 Å². The van der Waals surface area contributed by atoms with Gasteiger partial charge in [0.05, 0.1) is 13.3 Å². The standard InChI is InChI=1S/C14H18N2O2/c1-4-11-7-10(5-6-13(11)17-3)8-12-9-16-14(15-2)18-12/h5-7,9H,4,8H2,1-3H3,(H,15,16). The fourth-order valence-corrected chi connectivity index (χ4v) is 1.92. The first kappa shape index (κ1) is 12.5. The second kappa shape index (κ2) is 5.58. The Morgan fingerprint density at radius 2 is 2.22 bits per heavy atom. The van der Waals surface area contributed by atoms with Crippen LogP contribution in [0.5, 0.6) is 5.75 Å². The molecular formula is C14H18N2O2. The normalized spacial score (nSPS) is 10.4. The van der Waals surface area contributed by atoms with Crippen LogP contribution in [0.1, 0.15) is 23.8 Å². The predicted molar refractivity (Wildman–Crippen MR) is 71.2 cm³/mol. The first-order valence-electron chi connectivity index (χ1n) is 6.05. The molecule has 1 N–H and O–H groups in total. The van der Waals surface area contributed by atoms with Crippen molar-refractivity contribution in [1.29, 1.82) is 0 Å². The molecule has 0 unspecified atom stereocenters. The van der Waals surface area contributed by atoms with Gasteiger partial charge in [-0.25, -0.2) is 4.98 Å². The number of nitrogens with one attached hydrogen (secondary N) is 1. The van der Waals surface area contributed by atoms with Gasteiger partial charge in [0.25, 0.3) is 6.01 Å². The zero-order valence-electron chi connectivity index (χ0n) is 11.0. The van der Waals surface area contributed by atoms with Crippen LogP contribution in [-0.4, -0.2) is 19.1 Å². The number of benzene rings is 1. The third-order valence-corrected chi connectivity index (χ3v) is 2.87. The maximum atomic E-state index is 5.51. The summed E-state index contributed by atoms with van der Waals surface area (Å²) in [5, 5.41) is 2.88. The molecule has 0 saturated carbocycles. The summed E-state index contributed by atoms with van der Waals surface area (Å²) in [6.07, 6.45) is 3.45. The molecule has 1 heterocycles. The number of oxazole rings is 1. The second-order valence-corrected chi connectivity index (χ2v) is 4.06. The molecule has 0 bridgehead atoms. The number of aryl methyl sites for hydroxylation is 1. The minimum Gasteiger partial charge on any atom is -0.496 e. The van der Waals surface area contributed by atoms with E-state index in [1.807, 2.05) is 6.07 Å². The van der Waals surface area contributed by atoms with Crippen molar-refractivity contribution in [3.63, 3.8) is 0 Å². The molecule has 0 aliphatic heterocycles. The minimum absolute atomic E-state index is 0.550. The van der Waals surface area contributed by atoms with Gasteiger partial charge < -0.3 is 14.5 Å². The van der Waals surface area contributed by atoms with E-state index in [2.05, 4.69) is 29.4 Å². The van der Waals surface area contributed by atoms with E-state index in [1.54, 1.807) is 20.4 Å². The predicted octanol–water partition coefficient (Wildman–Crippen LogP) is 2.88. The number of methoxy groups -OCH3 is 1. The molecule has 2 aromatic rings. The molecule has 2 rings (SSSR count). The Labute approximate surface area is 107 Å². The van der Waals surface area contributed by atoms with Crippen LogP contribution in [0.15, 0.2) is 28.8 Å². The highest BCUT2D eigenvalue weighted by Crippen LogP contribution is 2.22. The van der Waals surface area contributed by atoms with Crippen molar-refractivity contribution in [3.05, 3.63) is 41.3 Å². The van der Waals surface area contributed by atoms with Gasteiger partial charge in [-0.05, 0) is 23.6 Å². The summed E-state index contributed by atoms with van der Waals surface area (Å²) in [5.41, 5.74) is 2.41. The van der Waals surface area contributed by atoms with Gasteiger partial charge in [-0.2, -0.15) is 0 Å². The maximum Gasteiger partial charge on any atom is 0.294 e. The Morgan fingerprint density at radius 1 is 1.39 bits per heavy atom. The van der Waals surface area contributed by atoms with Crippen LogP contribution in [-0.2, 0) is 12.8 Å². The Hall–Kier alpha value is -1.97. The van der Waals surface area contributed by atoms with Gasteiger partial charge in [-0.3, -0.25) is 0 Å². The van der Waals surface area contributed by atoms with Gasteiger partial charge in [0, 0.05) is 13.5 Å². The summed E-state index contributed by atoms with van der Waals surface area (Å²) in [6, 6.07) is 6.76. The summed E-state index contributed by atoms with van der Waals surface area (Å²) in [7, 11) is 3.49. The van der Waals surface area contributed by atoms with Gasteiger partial charge in [0.2, 0.25) is 0 Å². The van der Waals surface area contributed by atoms with E-state index in [-0.39, 0.29) is 0 Å². The fourth-order valence-electron chi connectivity index (χ4n) is 1.92. The molecule has 4 heteroatoms. The van der Waals surface area contributed by atoms with Crippen molar-refractivity contribution in [3.8, 4) is 5.75 Å². The Bertz CT molecular complexity index is 520. The number of nitrogens with zero attached hydrogens (tertiary/aromatic N) is 1. The second-order valence-electron chi connectivity index (χ2n) is 4.06. The van der Waals surface area contributed by atoms with Crippen molar-refractivity contribution in [2.45, 2.75) is 19.8 Å². The van der Waals surface area contributed by atoms with Crippen LogP contribution in [0, 0.1) is 0 Å². The Balaban J connectivity index is 2.18. The molecule has 1 aromatic heterocycles. The zero-order chi connectivity index (χ0) is 13.0. The molecule has 96 valence electrons. The van der Waals surface area contributed by atoms with Crippen molar-refractivity contribution in [1.82, 2.24) is 4.98 Å². The first-order chi connectivity index (χ1) is 8.76. The molecule has 1 aromatic carbocycles. The number of rotatable bonds is 5. The topological polar surface area (TPSA) is 47.3 Å². The van der Waals surface area contributed by atoms with Gasteiger partial charge in [0.1, 0.15) is 11.5 Å². The molecule has 0 aliphatic rings. The molecule has 0 spiro atoms. The fraction of sp³-hybridized carbons (Fsp3) is 0.357. The number of anilines is 1. The lowest BCUT2D eigenvalue weighted by molar-refractivity contribution is 0.410. The van der Waals surface area contributed by atoms with Crippen LogP contribution in [0.3, 0.4) is 0 Å².